The Morgan fingerprint density at radius 2 is 2.07 bits per heavy atom. The molecule has 5 rings (SSSR count). The number of rotatable bonds is 6. The van der Waals surface area contributed by atoms with Crippen LogP contribution in [-0.4, -0.2) is 30.1 Å². The summed E-state index contributed by atoms with van der Waals surface area (Å²) in [5, 5.41) is 4.70. The van der Waals surface area contributed by atoms with Crippen LogP contribution < -0.4 is 0 Å². The van der Waals surface area contributed by atoms with E-state index in [2.05, 4.69) is 4.98 Å². The molecule has 0 bridgehead atoms. The van der Waals surface area contributed by atoms with Gasteiger partial charge >= 0.3 is 0 Å². The Morgan fingerprint density at radius 3 is 2.93 bits per heavy atom. The third-order valence-corrected chi connectivity index (χ3v) is 5.65. The Hall–Kier alpha value is -3.35. The van der Waals surface area contributed by atoms with Gasteiger partial charge in [0.15, 0.2) is 0 Å². The molecule has 4 aromatic rings. The largest absolute Gasteiger partial charge is 0.467 e. The zero-order valence-electron chi connectivity index (χ0n) is 16.4. The van der Waals surface area contributed by atoms with Crippen LogP contribution in [0.15, 0.2) is 53.4 Å². The average molecular weight is 389 g/mol. The van der Waals surface area contributed by atoms with Crippen LogP contribution >= 0.6 is 0 Å². The summed E-state index contributed by atoms with van der Waals surface area (Å²) in [4.78, 5) is 19.5. The number of aromatic nitrogens is 4. The summed E-state index contributed by atoms with van der Waals surface area (Å²) < 4.78 is 9.38. The molecule has 0 radical (unpaired) electrons. The molecule has 0 saturated heterocycles. The SMILES string of the molecule is Cn1nc(CN(Cc2ccco2)C(=O)Cn2cnc3ccccc32)c2c1CCC2. The van der Waals surface area contributed by atoms with E-state index >= 15 is 0 Å². The predicted molar refractivity (Wildman–Crippen MR) is 108 cm³/mol. The zero-order valence-corrected chi connectivity index (χ0v) is 16.4. The van der Waals surface area contributed by atoms with Gasteiger partial charge in [0.25, 0.3) is 0 Å². The van der Waals surface area contributed by atoms with Crippen molar-refractivity contribution in [3.8, 4) is 0 Å². The number of amides is 1. The summed E-state index contributed by atoms with van der Waals surface area (Å²) >= 11 is 0. The normalized spacial score (nSPS) is 13.1. The minimum Gasteiger partial charge on any atom is -0.467 e. The quantitative estimate of drug-likeness (QED) is 0.508. The van der Waals surface area contributed by atoms with Gasteiger partial charge in [0, 0.05) is 12.7 Å². The van der Waals surface area contributed by atoms with Crippen molar-refractivity contribution in [1.29, 1.82) is 0 Å². The maximum absolute atomic E-state index is 13.3. The first-order chi connectivity index (χ1) is 14.2. The molecule has 7 heteroatoms. The lowest BCUT2D eigenvalue weighted by atomic mass is 10.2. The van der Waals surface area contributed by atoms with Crippen LogP contribution in [0.5, 0.6) is 0 Å². The van der Waals surface area contributed by atoms with Crippen LogP contribution in [0.4, 0.5) is 0 Å². The molecule has 0 unspecified atom stereocenters. The van der Waals surface area contributed by atoms with Gasteiger partial charge in [0.05, 0.1) is 42.4 Å². The molecule has 3 heterocycles. The van der Waals surface area contributed by atoms with Crippen molar-refractivity contribution in [1.82, 2.24) is 24.2 Å². The molecule has 0 spiro atoms. The van der Waals surface area contributed by atoms with Crippen molar-refractivity contribution in [3.63, 3.8) is 0 Å². The topological polar surface area (TPSA) is 69.1 Å². The fourth-order valence-corrected chi connectivity index (χ4v) is 4.21. The van der Waals surface area contributed by atoms with E-state index < -0.39 is 0 Å². The molecule has 0 atom stereocenters. The first-order valence-corrected chi connectivity index (χ1v) is 9.92. The van der Waals surface area contributed by atoms with E-state index in [1.807, 2.05) is 57.6 Å². The number of fused-ring (bicyclic) bond motifs is 2. The van der Waals surface area contributed by atoms with Gasteiger partial charge in [-0.2, -0.15) is 5.10 Å². The van der Waals surface area contributed by atoms with Gasteiger partial charge in [0.1, 0.15) is 12.3 Å². The van der Waals surface area contributed by atoms with Gasteiger partial charge in [0.2, 0.25) is 5.91 Å². The lowest BCUT2D eigenvalue weighted by Crippen LogP contribution is -2.33. The van der Waals surface area contributed by atoms with Gasteiger partial charge in [-0.15, -0.1) is 0 Å². The maximum atomic E-state index is 13.3. The van der Waals surface area contributed by atoms with Crippen LogP contribution in [0.1, 0.15) is 29.1 Å². The predicted octanol–water partition coefficient (Wildman–Crippen LogP) is 3.08. The molecule has 29 heavy (non-hydrogen) atoms. The summed E-state index contributed by atoms with van der Waals surface area (Å²) in [6.07, 6.45) is 6.62. The summed E-state index contributed by atoms with van der Waals surface area (Å²) in [6.45, 7) is 1.13. The smallest absolute Gasteiger partial charge is 0.243 e. The first-order valence-electron chi connectivity index (χ1n) is 9.92. The highest BCUT2D eigenvalue weighted by atomic mass is 16.3. The average Bonchev–Trinajstić information content (AvgIpc) is 3.50. The highest BCUT2D eigenvalue weighted by molar-refractivity contribution is 5.80. The van der Waals surface area contributed by atoms with Crippen molar-refractivity contribution in [2.45, 2.75) is 38.9 Å². The molecular formula is C22H23N5O2. The molecule has 0 N–H and O–H groups in total. The Balaban J connectivity index is 1.42. The lowest BCUT2D eigenvalue weighted by molar-refractivity contribution is -0.133. The number of imidazole rings is 1. The molecule has 0 saturated carbocycles. The third kappa shape index (κ3) is 3.33. The molecule has 1 aliphatic rings. The first kappa shape index (κ1) is 17.7. The van der Waals surface area contributed by atoms with Crippen LogP contribution in [0, 0.1) is 0 Å². The van der Waals surface area contributed by atoms with E-state index in [1.165, 1.54) is 11.3 Å². The number of carbonyl (C=O) groups is 1. The number of aryl methyl sites for hydroxylation is 1. The van der Waals surface area contributed by atoms with Crippen molar-refractivity contribution < 1.29 is 9.21 Å². The Morgan fingerprint density at radius 1 is 1.17 bits per heavy atom. The molecular weight excluding hydrogens is 366 g/mol. The van der Waals surface area contributed by atoms with Crippen LogP contribution in [-0.2, 0) is 44.3 Å². The maximum Gasteiger partial charge on any atom is 0.243 e. The Kier molecular flexibility index (Phi) is 4.42. The third-order valence-electron chi connectivity index (χ3n) is 5.65. The number of furan rings is 1. The van der Waals surface area contributed by atoms with Gasteiger partial charge in [-0.1, -0.05) is 12.1 Å². The second kappa shape index (κ2) is 7.24. The lowest BCUT2D eigenvalue weighted by Gasteiger charge is -2.22. The monoisotopic (exact) mass is 389 g/mol. The van der Waals surface area contributed by atoms with Gasteiger partial charge < -0.3 is 13.9 Å². The van der Waals surface area contributed by atoms with E-state index in [0.29, 0.717) is 13.1 Å². The number of nitrogens with zero attached hydrogens (tertiary/aromatic N) is 5. The fourth-order valence-electron chi connectivity index (χ4n) is 4.21. The molecule has 148 valence electrons. The van der Waals surface area contributed by atoms with Crippen molar-refractivity contribution in [2.75, 3.05) is 0 Å². The minimum absolute atomic E-state index is 0.0157. The number of benzene rings is 1. The van der Waals surface area contributed by atoms with E-state index in [4.69, 9.17) is 9.52 Å². The Labute approximate surface area is 168 Å². The fraction of sp³-hybridized carbons (Fsp3) is 0.318. The van der Waals surface area contributed by atoms with Gasteiger partial charge in [-0.25, -0.2) is 4.98 Å². The zero-order chi connectivity index (χ0) is 19.8. The Bertz CT molecular complexity index is 1160. The molecule has 1 aliphatic carbocycles. The highest BCUT2D eigenvalue weighted by Gasteiger charge is 2.25. The number of carbonyl (C=O) groups excluding carboxylic acids is 1. The summed E-state index contributed by atoms with van der Waals surface area (Å²) in [5.41, 5.74) is 5.44. The minimum atomic E-state index is 0.0157. The van der Waals surface area contributed by atoms with Gasteiger partial charge in [-0.05, 0) is 49.1 Å². The molecule has 3 aromatic heterocycles. The number of hydrogen-bond acceptors (Lipinski definition) is 4. The summed E-state index contributed by atoms with van der Waals surface area (Å²) in [7, 11) is 1.99. The van der Waals surface area contributed by atoms with Crippen LogP contribution in [0.3, 0.4) is 0 Å². The van der Waals surface area contributed by atoms with Crippen molar-refractivity contribution >= 4 is 16.9 Å². The van der Waals surface area contributed by atoms with Crippen LogP contribution in [0.25, 0.3) is 11.0 Å². The molecule has 7 nitrogen and oxygen atoms in total. The number of para-hydroxylation sites is 2. The molecule has 1 amide bonds. The van der Waals surface area contributed by atoms with Crippen molar-refractivity contribution in [3.05, 3.63) is 71.7 Å². The second-order valence-electron chi connectivity index (χ2n) is 7.54. The molecule has 1 aromatic carbocycles. The van der Waals surface area contributed by atoms with E-state index in [0.717, 1.165) is 41.8 Å². The second-order valence-corrected chi connectivity index (χ2v) is 7.54. The van der Waals surface area contributed by atoms with E-state index in [1.54, 1.807) is 12.6 Å². The van der Waals surface area contributed by atoms with Gasteiger partial charge in [-0.3, -0.25) is 9.48 Å². The number of hydrogen-bond donors (Lipinski definition) is 0. The van der Waals surface area contributed by atoms with E-state index in [-0.39, 0.29) is 12.5 Å². The molecule has 0 fully saturated rings. The highest BCUT2D eigenvalue weighted by Crippen LogP contribution is 2.26. The summed E-state index contributed by atoms with van der Waals surface area (Å²) in [6, 6.07) is 11.6. The van der Waals surface area contributed by atoms with Crippen LogP contribution in [0.2, 0.25) is 0 Å². The van der Waals surface area contributed by atoms with E-state index in [9.17, 15) is 4.79 Å². The molecule has 0 aliphatic heterocycles. The standard InChI is InChI=1S/C22H23N5O2/c1-25-20-10-4-7-17(20)19(24-25)13-26(12-16-6-5-11-29-16)22(28)14-27-15-23-18-8-2-3-9-21(18)27/h2-3,5-6,8-9,11,15H,4,7,10,12-14H2,1H3. The van der Waals surface area contributed by atoms with Crippen molar-refractivity contribution in [2.24, 2.45) is 7.05 Å². The summed E-state index contributed by atoms with van der Waals surface area (Å²) in [5.74, 6) is 0.781.